The van der Waals surface area contributed by atoms with E-state index in [0.29, 0.717) is 19.6 Å². The number of hydrogen-bond donors (Lipinski definition) is 1. The fraction of sp³-hybridized carbons (Fsp3) is 0.591. The van der Waals surface area contributed by atoms with E-state index in [4.69, 9.17) is 14.6 Å². The molecule has 0 saturated heterocycles. The minimum atomic E-state index is -0.826. The second kappa shape index (κ2) is 19.7. The molecule has 0 spiro atoms. The molecule has 0 aromatic rings. The van der Waals surface area contributed by atoms with Crippen molar-refractivity contribution in [2.24, 2.45) is 0 Å². The number of carboxylic acid groups (broad SMARTS) is 1. The molecule has 0 aliphatic rings. The van der Waals surface area contributed by atoms with Gasteiger partial charge in [0.2, 0.25) is 0 Å². The third-order valence-electron chi connectivity index (χ3n) is 3.45. The fourth-order valence-corrected chi connectivity index (χ4v) is 2.10. The molecule has 148 valence electrons. The highest BCUT2D eigenvalue weighted by molar-refractivity contribution is 5.66. The van der Waals surface area contributed by atoms with Crippen LogP contribution in [0, 0.1) is 0 Å². The van der Waals surface area contributed by atoms with Crippen LogP contribution in [-0.2, 0) is 14.3 Å². The van der Waals surface area contributed by atoms with Gasteiger partial charge in [-0.2, -0.15) is 0 Å². The lowest BCUT2D eigenvalue weighted by atomic mass is 10.3. The molecule has 0 amide bonds. The van der Waals surface area contributed by atoms with Gasteiger partial charge in [-0.05, 0) is 38.5 Å². The summed E-state index contributed by atoms with van der Waals surface area (Å²) in [6, 6.07) is 0. The molecule has 26 heavy (non-hydrogen) atoms. The van der Waals surface area contributed by atoms with E-state index in [1.54, 1.807) is 0 Å². The number of rotatable bonds is 17. The number of aliphatic carboxylic acids is 1. The molecule has 0 bridgehead atoms. The Morgan fingerprint density at radius 1 is 0.808 bits per heavy atom. The van der Waals surface area contributed by atoms with E-state index in [9.17, 15) is 4.79 Å². The average Bonchev–Trinajstić information content (AvgIpc) is 2.63. The first-order chi connectivity index (χ1) is 12.7. The molecular weight excluding hydrogens is 328 g/mol. The SMILES string of the molecule is CCC=CCC=CCCOC(CCC(=O)O)OCCC=CCC=CCC. The molecule has 4 nitrogen and oxygen atoms in total. The Labute approximate surface area is 159 Å². The summed E-state index contributed by atoms with van der Waals surface area (Å²) in [4.78, 5) is 10.8. The van der Waals surface area contributed by atoms with Gasteiger partial charge in [0.15, 0.2) is 6.29 Å². The van der Waals surface area contributed by atoms with Gasteiger partial charge in [0.05, 0.1) is 19.6 Å². The first kappa shape index (κ1) is 24.4. The molecule has 0 fully saturated rings. The maximum atomic E-state index is 10.8. The van der Waals surface area contributed by atoms with E-state index in [-0.39, 0.29) is 6.42 Å². The highest BCUT2D eigenvalue weighted by Gasteiger charge is 2.11. The van der Waals surface area contributed by atoms with Crippen molar-refractivity contribution in [2.75, 3.05) is 13.2 Å². The summed E-state index contributed by atoms with van der Waals surface area (Å²) in [6.07, 6.45) is 22.5. The number of allylic oxidation sites excluding steroid dienone is 6. The van der Waals surface area contributed by atoms with Gasteiger partial charge in [0, 0.05) is 6.42 Å². The molecule has 0 aromatic heterocycles. The Morgan fingerprint density at radius 3 is 1.69 bits per heavy atom. The van der Waals surface area contributed by atoms with Crippen LogP contribution in [0.25, 0.3) is 0 Å². The number of ether oxygens (including phenoxy) is 2. The highest BCUT2D eigenvalue weighted by atomic mass is 16.7. The second-order valence-electron chi connectivity index (χ2n) is 5.85. The topological polar surface area (TPSA) is 55.8 Å². The molecule has 0 radical (unpaired) electrons. The lowest BCUT2D eigenvalue weighted by Gasteiger charge is -2.17. The monoisotopic (exact) mass is 364 g/mol. The van der Waals surface area contributed by atoms with E-state index in [2.05, 4.69) is 62.5 Å². The van der Waals surface area contributed by atoms with Crippen LogP contribution in [0.3, 0.4) is 0 Å². The Bertz CT molecular complexity index is 403. The normalized spacial score (nSPS) is 13.6. The fourth-order valence-electron chi connectivity index (χ4n) is 2.10. The smallest absolute Gasteiger partial charge is 0.303 e. The van der Waals surface area contributed by atoms with Crippen molar-refractivity contribution in [2.45, 2.75) is 71.5 Å². The Balaban J connectivity index is 3.98. The van der Waals surface area contributed by atoms with Crippen molar-refractivity contribution in [3.8, 4) is 0 Å². The van der Waals surface area contributed by atoms with Gasteiger partial charge in [-0.15, -0.1) is 0 Å². The largest absolute Gasteiger partial charge is 0.481 e. The molecule has 0 unspecified atom stereocenters. The van der Waals surface area contributed by atoms with Gasteiger partial charge in [-0.1, -0.05) is 62.5 Å². The Hall–Kier alpha value is -1.65. The summed E-state index contributed by atoms with van der Waals surface area (Å²) < 4.78 is 11.4. The Morgan fingerprint density at radius 2 is 1.27 bits per heavy atom. The predicted octanol–water partition coefficient (Wildman–Crippen LogP) is 5.82. The summed E-state index contributed by atoms with van der Waals surface area (Å²) in [7, 11) is 0. The van der Waals surface area contributed by atoms with Crippen LogP contribution in [0.1, 0.15) is 65.2 Å². The summed E-state index contributed by atoms with van der Waals surface area (Å²) >= 11 is 0. The van der Waals surface area contributed by atoms with E-state index in [0.717, 1.165) is 38.5 Å². The molecule has 4 heteroatoms. The summed E-state index contributed by atoms with van der Waals surface area (Å²) in [5, 5.41) is 8.84. The van der Waals surface area contributed by atoms with Crippen molar-refractivity contribution in [3.05, 3.63) is 48.6 Å². The molecule has 0 atom stereocenters. The van der Waals surface area contributed by atoms with Gasteiger partial charge >= 0.3 is 5.97 Å². The van der Waals surface area contributed by atoms with Crippen LogP contribution in [0.4, 0.5) is 0 Å². The maximum absolute atomic E-state index is 10.8. The van der Waals surface area contributed by atoms with Crippen molar-refractivity contribution in [1.82, 2.24) is 0 Å². The van der Waals surface area contributed by atoms with E-state index >= 15 is 0 Å². The maximum Gasteiger partial charge on any atom is 0.303 e. The standard InChI is InChI=1S/C22H36O4/c1-3-5-7-9-11-13-15-19-25-22(18-17-21(23)24)26-20-16-14-12-10-8-6-4-2/h5-8,11-14,22H,3-4,9-10,15-20H2,1-2H3,(H,23,24). The minimum absolute atomic E-state index is 0.0555. The van der Waals surface area contributed by atoms with E-state index in [1.165, 1.54) is 0 Å². The first-order valence-corrected chi connectivity index (χ1v) is 9.75. The van der Waals surface area contributed by atoms with Gasteiger partial charge in [-0.3, -0.25) is 4.79 Å². The zero-order valence-electron chi connectivity index (χ0n) is 16.4. The second-order valence-corrected chi connectivity index (χ2v) is 5.85. The van der Waals surface area contributed by atoms with Gasteiger partial charge in [-0.25, -0.2) is 0 Å². The number of carbonyl (C=O) groups is 1. The van der Waals surface area contributed by atoms with Crippen LogP contribution in [0.2, 0.25) is 0 Å². The van der Waals surface area contributed by atoms with Crippen LogP contribution < -0.4 is 0 Å². The van der Waals surface area contributed by atoms with Crippen LogP contribution >= 0.6 is 0 Å². The third-order valence-corrected chi connectivity index (χ3v) is 3.45. The summed E-state index contributed by atoms with van der Waals surface area (Å²) in [5.74, 6) is -0.826. The quantitative estimate of drug-likeness (QED) is 0.201. The van der Waals surface area contributed by atoms with Gasteiger partial charge in [0.25, 0.3) is 0 Å². The van der Waals surface area contributed by atoms with Crippen LogP contribution in [-0.4, -0.2) is 30.6 Å². The third kappa shape index (κ3) is 18.7. The first-order valence-electron chi connectivity index (χ1n) is 9.75. The average molecular weight is 365 g/mol. The molecule has 0 heterocycles. The molecule has 0 rings (SSSR count). The Kier molecular flexibility index (Phi) is 18.4. The molecule has 0 aromatic carbocycles. The highest BCUT2D eigenvalue weighted by Crippen LogP contribution is 2.07. The minimum Gasteiger partial charge on any atom is -0.481 e. The van der Waals surface area contributed by atoms with Crippen molar-refractivity contribution >= 4 is 5.97 Å². The van der Waals surface area contributed by atoms with Gasteiger partial charge in [0.1, 0.15) is 0 Å². The van der Waals surface area contributed by atoms with Crippen LogP contribution in [0.5, 0.6) is 0 Å². The molecule has 0 aliphatic carbocycles. The summed E-state index contributed by atoms with van der Waals surface area (Å²) in [5.41, 5.74) is 0. The number of carboxylic acids is 1. The van der Waals surface area contributed by atoms with E-state index in [1.807, 2.05) is 0 Å². The van der Waals surface area contributed by atoms with Gasteiger partial charge < -0.3 is 14.6 Å². The van der Waals surface area contributed by atoms with Crippen molar-refractivity contribution in [1.29, 1.82) is 0 Å². The molecular formula is C22H36O4. The van der Waals surface area contributed by atoms with Crippen molar-refractivity contribution < 1.29 is 19.4 Å². The number of hydrogen-bond acceptors (Lipinski definition) is 3. The molecule has 0 saturated carbocycles. The zero-order valence-corrected chi connectivity index (χ0v) is 16.4. The van der Waals surface area contributed by atoms with Crippen molar-refractivity contribution in [3.63, 3.8) is 0 Å². The lowest BCUT2D eigenvalue weighted by Crippen LogP contribution is -2.20. The zero-order chi connectivity index (χ0) is 19.3. The predicted molar refractivity (Wildman–Crippen MR) is 108 cm³/mol. The molecule has 0 aliphatic heterocycles. The van der Waals surface area contributed by atoms with Crippen LogP contribution in [0.15, 0.2) is 48.6 Å². The van der Waals surface area contributed by atoms with E-state index < -0.39 is 12.3 Å². The molecule has 1 N–H and O–H groups in total. The summed E-state index contributed by atoms with van der Waals surface area (Å²) in [6.45, 7) is 5.31. The lowest BCUT2D eigenvalue weighted by molar-refractivity contribution is -0.154.